The van der Waals surface area contributed by atoms with E-state index in [4.69, 9.17) is 14.2 Å². The molecule has 0 unspecified atom stereocenters. The Balaban J connectivity index is 1.79. The lowest BCUT2D eigenvalue weighted by Gasteiger charge is -2.11. The van der Waals surface area contributed by atoms with Crippen LogP contribution in [-0.2, 0) is 6.42 Å². The van der Waals surface area contributed by atoms with E-state index in [1.165, 1.54) is 0 Å². The molecule has 2 N–H and O–H groups in total. The molecule has 0 bridgehead atoms. The molecule has 2 aromatic carbocycles. The van der Waals surface area contributed by atoms with E-state index >= 15 is 0 Å². The highest BCUT2D eigenvalue weighted by Crippen LogP contribution is 2.30. The first-order valence-corrected chi connectivity index (χ1v) is 8.20. The summed E-state index contributed by atoms with van der Waals surface area (Å²) in [5, 5.41) is 11.1. The molecular formula is C19H20N4O4. The summed E-state index contributed by atoms with van der Waals surface area (Å²) in [5.41, 5.74) is 1.55. The van der Waals surface area contributed by atoms with Gasteiger partial charge in [0.15, 0.2) is 0 Å². The van der Waals surface area contributed by atoms with Crippen LogP contribution in [0.3, 0.4) is 0 Å². The molecule has 1 heterocycles. The second-order valence-corrected chi connectivity index (χ2v) is 5.67. The van der Waals surface area contributed by atoms with Gasteiger partial charge in [-0.2, -0.15) is 0 Å². The number of methoxy groups -OCH3 is 3. The molecule has 0 radical (unpaired) electrons. The van der Waals surface area contributed by atoms with Crippen molar-refractivity contribution in [1.29, 1.82) is 0 Å². The number of hydrogen-bond donors (Lipinski definition) is 2. The molecule has 1 aromatic heterocycles. The molecule has 0 aliphatic carbocycles. The number of nitrogens with zero attached hydrogens (tertiary/aromatic N) is 2. The van der Waals surface area contributed by atoms with Crippen molar-refractivity contribution in [2.24, 2.45) is 0 Å². The van der Waals surface area contributed by atoms with Gasteiger partial charge in [-0.1, -0.05) is 12.1 Å². The van der Waals surface area contributed by atoms with E-state index in [0.717, 1.165) is 11.3 Å². The average molecular weight is 368 g/mol. The van der Waals surface area contributed by atoms with E-state index in [9.17, 15) is 4.79 Å². The molecular weight excluding hydrogens is 348 g/mol. The van der Waals surface area contributed by atoms with Gasteiger partial charge in [-0.15, -0.1) is 10.2 Å². The third-order valence-corrected chi connectivity index (χ3v) is 3.96. The normalized spacial score (nSPS) is 10.3. The summed E-state index contributed by atoms with van der Waals surface area (Å²) in [4.78, 5) is 15.1. The van der Waals surface area contributed by atoms with Crippen LogP contribution in [0.15, 0.2) is 47.3 Å². The van der Waals surface area contributed by atoms with E-state index in [2.05, 4.69) is 20.5 Å². The highest BCUT2D eigenvalue weighted by atomic mass is 16.5. The van der Waals surface area contributed by atoms with Gasteiger partial charge < -0.3 is 19.5 Å². The zero-order valence-electron chi connectivity index (χ0n) is 15.3. The molecule has 3 aromatic rings. The van der Waals surface area contributed by atoms with E-state index in [0.29, 0.717) is 29.3 Å². The van der Waals surface area contributed by atoms with Crippen LogP contribution in [0, 0.1) is 0 Å². The first-order valence-electron chi connectivity index (χ1n) is 8.20. The summed E-state index contributed by atoms with van der Waals surface area (Å²) in [6.45, 7) is 0. The van der Waals surface area contributed by atoms with Gasteiger partial charge in [-0.25, -0.2) is 0 Å². The summed E-state index contributed by atoms with van der Waals surface area (Å²) in [6, 6.07) is 12.7. The minimum atomic E-state index is -0.315. The number of aromatic amines is 1. The standard InChI is InChI=1S/C19H20N4O4/c1-25-13-6-4-12(5-7-13)10-16-18(24)21-19(23-22-16)20-15-11-14(26-2)8-9-17(15)27-3/h4-9,11H,10H2,1-3H3,(H2,20,21,23,24). The number of ether oxygens (including phenoxy) is 3. The van der Waals surface area contributed by atoms with E-state index in [1.54, 1.807) is 39.5 Å². The van der Waals surface area contributed by atoms with Crippen LogP contribution in [0.4, 0.5) is 11.6 Å². The van der Waals surface area contributed by atoms with Crippen molar-refractivity contribution in [2.45, 2.75) is 6.42 Å². The van der Waals surface area contributed by atoms with Crippen LogP contribution in [0.2, 0.25) is 0 Å². The van der Waals surface area contributed by atoms with Crippen LogP contribution in [0.25, 0.3) is 0 Å². The number of nitrogens with one attached hydrogen (secondary N) is 2. The lowest BCUT2D eigenvalue weighted by molar-refractivity contribution is 0.404. The lowest BCUT2D eigenvalue weighted by Crippen LogP contribution is -2.19. The first-order chi connectivity index (χ1) is 13.1. The summed E-state index contributed by atoms with van der Waals surface area (Å²) in [7, 11) is 4.73. The maximum Gasteiger partial charge on any atom is 0.274 e. The Morgan fingerprint density at radius 1 is 0.926 bits per heavy atom. The van der Waals surface area contributed by atoms with Gasteiger partial charge in [0.1, 0.15) is 22.9 Å². The Hall–Kier alpha value is -3.55. The molecule has 0 saturated heterocycles. The van der Waals surface area contributed by atoms with Gasteiger partial charge in [0.2, 0.25) is 5.95 Å². The average Bonchev–Trinajstić information content (AvgIpc) is 2.70. The molecule has 0 amide bonds. The highest BCUT2D eigenvalue weighted by molar-refractivity contribution is 5.64. The quantitative estimate of drug-likeness (QED) is 0.661. The molecule has 140 valence electrons. The number of H-pyrrole nitrogens is 1. The van der Waals surface area contributed by atoms with Crippen molar-refractivity contribution in [3.63, 3.8) is 0 Å². The van der Waals surface area contributed by atoms with Crippen LogP contribution in [0.5, 0.6) is 17.2 Å². The van der Waals surface area contributed by atoms with Crippen molar-refractivity contribution in [3.8, 4) is 17.2 Å². The number of aromatic nitrogens is 3. The van der Waals surface area contributed by atoms with Gasteiger partial charge in [-0.05, 0) is 29.8 Å². The molecule has 0 saturated carbocycles. The maximum absolute atomic E-state index is 12.4. The molecule has 0 spiro atoms. The summed E-state index contributed by atoms with van der Waals surface area (Å²) in [6.07, 6.45) is 0.370. The molecule has 3 rings (SSSR count). The van der Waals surface area contributed by atoms with Crippen molar-refractivity contribution < 1.29 is 14.2 Å². The smallest absolute Gasteiger partial charge is 0.274 e. The molecule has 0 atom stereocenters. The number of rotatable bonds is 7. The number of anilines is 2. The second-order valence-electron chi connectivity index (χ2n) is 5.67. The van der Waals surface area contributed by atoms with Gasteiger partial charge in [0.25, 0.3) is 5.56 Å². The zero-order valence-corrected chi connectivity index (χ0v) is 15.3. The van der Waals surface area contributed by atoms with Crippen molar-refractivity contribution in [3.05, 3.63) is 64.1 Å². The van der Waals surface area contributed by atoms with Crippen LogP contribution in [0.1, 0.15) is 11.3 Å². The molecule has 0 aliphatic rings. The highest BCUT2D eigenvalue weighted by Gasteiger charge is 2.10. The van der Waals surface area contributed by atoms with Gasteiger partial charge in [0, 0.05) is 12.5 Å². The zero-order chi connectivity index (χ0) is 19.2. The number of hydrogen-bond acceptors (Lipinski definition) is 7. The fourth-order valence-corrected chi connectivity index (χ4v) is 2.51. The first kappa shape index (κ1) is 18.2. The Labute approximate surface area is 156 Å². The largest absolute Gasteiger partial charge is 0.497 e. The van der Waals surface area contributed by atoms with Gasteiger partial charge >= 0.3 is 0 Å². The molecule has 0 fully saturated rings. The fourth-order valence-electron chi connectivity index (χ4n) is 2.51. The summed E-state index contributed by atoms with van der Waals surface area (Å²) in [5.74, 6) is 2.20. The third kappa shape index (κ3) is 4.35. The van der Waals surface area contributed by atoms with Gasteiger partial charge in [-0.3, -0.25) is 9.78 Å². The van der Waals surface area contributed by atoms with Crippen LogP contribution >= 0.6 is 0 Å². The maximum atomic E-state index is 12.4. The minimum absolute atomic E-state index is 0.213. The van der Waals surface area contributed by atoms with Crippen LogP contribution < -0.4 is 25.1 Å². The lowest BCUT2D eigenvalue weighted by atomic mass is 10.1. The predicted octanol–water partition coefficient (Wildman–Crippen LogP) is 2.53. The van der Waals surface area contributed by atoms with Crippen molar-refractivity contribution in [1.82, 2.24) is 15.2 Å². The molecule has 27 heavy (non-hydrogen) atoms. The monoisotopic (exact) mass is 368 g/mol. The Morgan fingerprint density at radius 2 is 1.63 bits per heavy atom. The molecule has 8 heteroatoms. The van der Waals surface area contributed by atoms with E-state index < -0.39 is 0 Å². The minimum Gasteiger partial charge on any atom is -0.497 e. The topological polar surface area (TPSA) is 98.4 Å². The molecule has 8 nitrogen and oxygen atoms in total. The number of benzene rings is 2. The Bertz CT molecular complexity index is 970. The van der Waals surface area contributed by atoms with E-state index in [1.807, 2.05) is 24.3 Å². The predicted molar refractivity (Wildman–Crippen MR) is 101 cm³/mol. The van der Waals surface area contributed by atoms with Gasteiger partial charge in [0.05, 0.1) is 27.0 Å². The summed E-state index contributed by atoms with van der Waals surface area (Å²) >= 11 is 0. The SMILES string of the molecule is COc1ccc(Cc2nnc(Nc3cc(OC)ccc3OC)[nH]c2=O)cc1. The fraction of sp³-hybridized carbons (Fsp3) is 0.211. The third-order valence-electron chi connectivity index (χ3n) is 3.96. The molecule has 0 aliphatic heterocycles. The van der Waals surface area contributed by atoms with Crippen molar-refractivity contribution >= 4 is 11.6 Å². The second kappa shape index (κ2) is 8.22. The van der Waals surface area contributed by atoms with Crippen LogP contribution in [-0.4, -0.2) is 36.5 Å². The van der Waals surface area contributed by atoms with E-state index in [-0.39, 0.29) is 11.5 Å². The Morgan fingerprint density at radius 3 is 2.26 bits per heavy atom. The summed E-state index contributed by atoms with van der Waals surface area (Å²) < 4.78 is 15.6. The van der Waals surface area contributed by atoms with Crippen molar-refractivity contribution in [2.75, 3.05) is 26.6 Å². The Kier molecular flexibility index (Phi) is 5.55.